The van der Waals surface area contributed by atoms with E-state index in [1.807, 2.05) is 0 Å². The van der Waals surface area contributed by atoms with E-state index < -0.39 is 35.5 Å². The highest BCUT2D eigenvalue weighted by molar-refractivity contribution is 6.30. The van der Waals surface area contributed by atoms with Crippen molar-refractivity contribution >= 4 is 40.9 Å². The monoisotopic (exact) mass is 524 g/mol. The lowest BCUT2D eigenvalue weighted by Gasteiger charge is -2.16. The van der Waals surface area contributed by atoms with E-state index in [4.69, 9.17) is 22.4 Å². The van der Waals surface area contributed by atoms with E-state index in [2.05, 4.69) is 20.7 Å². The lowest BCUT2D eigenvalue weighted by Crippen LogP contribution is -2.38. The summed E-state index contributed by atoms with van der Waals surface area (Å²) < 4.78 is 14.6. The van der Waals surface area contributed by atoms with Crippen molar-refractivity contribution in [2.75, 3.05) is 0 Å². The molecule has 2 aromatic heterocycles. The summed E-state index contributed by atoms with van der Waals surface area (Å²) in [6, 6.07) is 10.6. The third kappa shape index (κ3) is 5.54. The van der Waals surface area contributed by atoms with Crippen LogP contribution in [0.25, 0.3) is 5.65 Å². The topological polar surface area (TPSA) is 169 Å². The predicted octanol–water partition coefficient (Wildman–Crippen LogP) is 2.11. The minimum atomic E-state index is -1.29. The maximum absolute atomic E-state index is 13.4. The number of benzene rings is 2. The van der Waals surface area contributed by atoms with Gasteiger partial charge in [0.25, 0.3) is 11.8 Å². The third-order valence-corrected chi connectivity index (χ3v) is 5.60. The average Bonchev–Trinajstić information content (AvgIpc) is 3.35. The van der Waals surface area contributed by atoms with E-state index in [0.29, 0.717) is 5.56 Å². The van der Waals surface area contributed by atoms with Crippen molar-refractivity contribution < 1.29 is 28.7 Å². The van der Waals surface area contributed by atoms with Crippen molar-refractivity contribution in [1.29, 1.82) is 0 Å². The molecule has 0 aliphatic heterocycles. The number of hydrogen-bond acceptors (Lipinski definition) is 6. The van der Waals surface area contributed by atoms with Gasteiger partial charge in [0.1, 0.15) is 23.2 Å². The van der Waals surface area contributed by atoms with E-state index in [9.17, 15) is 23.6 Å². The van der Waals surface area contributed by atoms with E-state index in [1.54, 1.807) is 0 Å². The van der Waals surface area contributed by atoms with Crippen LogP contribution in [0, 0.1) is 5.82 Å². The molecule has 5 N–H and O–H groups in total. The van der Waals surface area contributed by atoms with E-state index in [-0.39, 0.29) is 39.7 Å². The molecule has 0 aliphatic rings. The molecule has 37 heavy (non-hydrogen) atoms. The molecule has 188 valence electrons. The normalized spacial score (nSPS) is 11.6. The zero-order valence-corrected chi connectivity index (χ0v) is 19.6. The molecule has 11 nitrogen and oxygen atoms in total. The number of carbonyl (C=O) groups excluding carboxylic acids is 3. The Bertz CT molecular complexity index is 1540. The van der Waals surface area contributed by atoms with Gasteiger partial charge in [0, 0.05) is 18.7 Å². The van der Waals surface area contributed by atoms with E-state index in [0.717, 1.165) is 0 Å². The standard InChI is InChI=1S/C24H18ClFN6O5/c25-15-9-12(1-6-16(15)26)11-28-23(35)18-10-17(30-19-7-8-29-32(18)19)22(34)31-20(21(27)33)13-2-4-14(5-3-13)24(36)37/h1-10,20H,11H2,(H2,27,33)(H,28,35)(H,31,34)(H,36,37)/t20-/m1/s1. The summed E-state index contributed by atoms with van der Waals surface area (Å²) in [5.41, 5.74) is 6.20. The molecule has 0 radical (unpaired) electrons. The average molecular weight is 525 g/mol. The first kappa shape index (κ1) is 25.3. The second kappa shape index (κ2) is 10.4. The van der Waals surface area contributed by atoms with Gasteiger partial charge in [0.15, 0.2) is 5.65 Å². The fourth-order valence-corrected chi connectivity index (χ4v) is 3.66. The van der Waals surface area contributed by atoms with Crippen LogP contribution >= 0.6 is 11.6 Å². The molecule has 0 saturated carbocycles. The van der Waals surface area contributed by atoms with Crippen molar-refractivity contribution in [3.63, 3.8) is 0 Å². The Morgan fingerprint density at radius 1 is 1.05 bits per heavy atom. The number of primary amides is 1. The highest BCUT2D eigenvalue weighted by Gasteiger charge is 2.24. The summed E-state index contributed by atoms with van der Waals surface area (Å²) in [4.78, 5) is 53.3. The smallest absolute Gasteiger partial charge is 0.335 e. The summed E-state index contributed by atoms with van der Waals surface area (Å²) in [6.07, 6.45) is 1.39. The zero-order valence-electron chi connectivity index (χ0n) is 18.8. The van der Waals surface area contributed by atoms with Gasteiger partial charge in [-0.3, -0.25) is 14.4 Å². The lowest BCUT2D eigenvalue weighted by molar-refractivity contribution is -0.120. The van der Waals surface area contributed by atoms with Gasteiger partial charge < -0.3 is 21.5 Å². The summed E-state index contributed by atoms with van der Waals surface area (Å²) >= 11 is 5.78. The number of nitrogens with zero attached hydrogens (tertiary/aromatic N) is 3. The molecule has 0 fully saturated rings. The number of nitrogens with one attached hydrogen (secondary N) is 2. The van der Waals surface area contributed by atoms with E-state index in [1.165, 1.54) is 65.3 Å². The van der Waals surface area contributed by atoms with Crippen LogP contribution < -0.4 is 16.4 Å². The summed E-state index contributed by atoms with van der Waals surface area (Å²) in [6.45, 7) is 0.0154. The molecule has 3 amide bonds. The van der Waals surface area contributed by atoms with E-state index >= 15 is 0 Å². The molecule has 13 heteroatoms. The minimum Gasteiger partial charge on any atom is -0.478 e. The fraction of sp³-hybridized carbons (Fsp3) is 0.0833. The number of aromatic nitrogens is 3. The molecule has 4 rings (SSSR count). The molecular formula is C24H18ClFN6O5. The Hall–Kier alpha value is -4.84. The first-order chi connectivity index (χ1) is 17.6. The highest BCUT2D eigenvalue weighted by Crippen LogP contribution is 2.17. The molecule has 2 aromatic carbocycles. The van der Waals surface area contributed by atoms with Crippen LogP contribution in [0.15, 0.2) is 60.8 Å². The number of fused-ring (bicyclic) bond motifs is 1. The summed E-state index contributed by atoms with van der Waals surface area (Å²) in [7, 11) is 0. The molecule has 4 aromatic rings. The first-order valence-corrected chi connectivity index (χ1v) is 11.0. The molecule has 2 heterocycles. The quantitative estimate of drug-likeness (QED) is 0.273. The van der Waals surface area contributed by atoms with Crippen molar-refractivity contribution in [2.45, 2.75) is 12.6 Å². The summed E-state index contributed by atoms with van der Waals surface area (Å²) in [5, 5.41) is 18.1. The van der Waals surface area contributed by atoms with Crippen LogP contribution in [0.4, 0.5) is 4.39 Å². The van der Waals surface area contributed by atoms with Gasteiger partial charge in [0.2, 0.25) is 5.91 Å². The van der Waals surface area contributed by atoms with Crippen LogP contribution in [0.3, 0.4) is 0 Å². The Labute approximate surface area is 213 Å². The van der Waals surface area contributed by atoms with Crippen LogP contribution in [-0.2, 0) is 11.3 Å². The molecule has 0 bridgehead atoms. The van der Waals surface area contributed by atoms with Gasteiger partial charge in [-0.25, -0.2) is 18.7 Å². The number of amides is 3. The Morgan fingerprint density at radius 3 is 2.43 bits per heavy atom. The van der Waals surface area contributed by atoms with Crippen LogP contribution in [0.5, 0.6) is 0 Å². The number of carboxylic acids is 1. The number of halogens is 2. The van der Waals surface area contributed by atoms with Crippen molar-refractivity contribution in [1.82, 2.24) is 25.2 Å². The number of carbonyl (C=O) groups is 4. The Morgan fingerprint density at radius 2 is 1.78 bits per heavy atom. The van der Waals surface area contributed by atoms with Gasteiger partial charge in [-0.05, 0) is 35.4 Å². The predicted molar refractivity (Wildman–Crippen MR) is 128 cm³/mol. The minimum absolute atomic E-state index is 0.00953. The van der Waals surface area contributed by atoms with Crippen LogP contribution in [0.2, 0.25) is 5.02 Å². The lowest BCUT2D eigenvalue weighted by atomic mass is 10.0. The second-order valence-corrected chi connectivity index (χ2v) is 8.20. The van der Waals surface area contributed by atoms with Crippen molar-refractivity contribution in [3.05, 3.63) is 99.7 Å². The SMILES string of the molecule is NC(=O)[C@H](NC(=O)c1cc(C(=O)NCc2ccc(F)c(Cl)c2)n2nccc2n1)c1ccc(C(=O)O)cc1. The molecule has 0 aliphatic carbocycles. The number of carboxylic acid groups (broad SMARTS) is 1. The van der Waals surface area contributed by atoms with Crippen LogP contribution in [-0.4, -0.2) is 43.4 Å². The largest absolute Gasteiger partial charge is 0.478 e. The second-order valence-electron chi connectivity index (χ2n) is 7.79. The van der Waals surface area contributed by atoms with Gasteiger partial charge in [-0.1, -0.05) is 29.8 Å². The number of nitrogens with two attached hydrogens (primary N) is 1. The molecule has 1 atom stereocenters. The number of aromatic carboxylic acids is 1. The number of hydrogen-bond donors (Lipinski definition) is 4. The molecule has 0 spiro atoms. The Balaban J connectivity index is 1.57. The highest BCUT2D eigenvalue weighted by atomic mass is 35.5. The van der Waals surface area contributed by atoms with Gasteiger partial charge in [0.05, 0.1) is 16.8 Å². The molecular weight excluding hydrogens is 507 g/mol. The third-order valence-electron chi connectivity index (χ3n) is 5.31. The molecule has 0 saturated heterocycles. The summed E-state index contributed by atoms with van der Waals surface area (Å²) in [5.74, 6) is -4.06. The maximum atomic E-state index is 13.4. The van der Waals surface area contributed by atoms with Gasteiger partial charge in [-0.2, -0.15) is 5.10 Å². The van der Waals surface area contributed by atoms with Gasteiger partial charge >= 0.3 is 5.97 Å². The molecule has 0 unspecified atom stereocenters. The van der Waals surface area contributed by atoms with Gasteiger partial charge in [-0.15, -0.1) is 0 Å². The van der Waals surface area contributed by atoms with Crippen molar-refractivity contribution in [3.8, 4) is 0 Å². The van der Waals surface area contributed by atoms with Crippen molar-refractivity contribution in [2.24, 2.45) is 5.73 Å². The fourth-order valence-electron chi connectivity index (χ4n) is 3.46. The number of rotatable bonds is 8. The van der Waals surface area contributed by atoms with Crippen LogP contribution in [0.1, 0.15) is 48.5 Å². The maximum Gasteiger partial charge on any atom is 0.335 e. The zero-order chi connectivity index (χ0) is 26.7. The first-order valence-electron chi connectivity index (χ1n) is 10.6. The Kier molecular flexibility index (Phi) is 7.11.